The van der Waals surface area contributed by atoms with Crippen LogP contribution in [0.5, 0.6) is 17.4 Å². The predicted molar refractivity (Wildman–Crippen MR) is 104 cm³/mol. The molecule has 1 saturated heterocycles. The molecule has 0 spiro atoms. The van der Waals surface area contributed by atoms with E-state index in [1.54, 1.807) is 6.20 Å². The molecular formula is C21H25N3O3. The van der Waals surface area contributed by atoms with Crippen molar-refractivity contribution in [1.82, 2.24) is 9.88 Å². The molecule has 0 bridgehead atoms. The van der Waals surface area contributed by atoms with Crippen molar-refractivity contribution in [3.63, 3.8) is 0 Å². The van der Waals surface area contributed by atoms with Gasteiger partial charge in [0.1, 0.15) is 5.84 Å². The molecule has 2 aliphatic heterocycles. The Hall–Kier alpha value is -2.60. The highest BCUT2D eigenvalue weighted by Gasteiger charge is 2.21. The van der Waals surface area contributed by atoms with E-state index in [9.17, 15) is 0 Å². The number of nitrogens with zero attached hydrogens (tertiary/aromatic N) is 3. The second-order valence-corrected chi connectivity index (χ2v) is 6.62. The van der Waals surface area contributed by atoms with E-state index in [1.807, 2.05) is 36.4 Å². The third-order valence-corrected chi connectivity index (χ3v) is 4.70. The summed E-state index contributed by atoms with van der Waals surface area (Å²) in [7, 11) is 0. The summed E-state index contributed by atoms with van der Waals surface area (Å²) in [6.45, 7) is 4.54. The molecule has 1 aromatic heterocycles. The largest absolute Gasteiger partial charge is 0.490 e. The number of aromatic nitrogens is 1. The summed E-state index contributed by atoms with van der Waals surface area (Å²) in [5.41, 5.74) is 0.911. The van der Waals surface area contributed by atoms with Crippen LogP contribution in [0.15, 0.2) is 47.6 Å². The number of aliphatic imine (C=N–C) groups is 1. The van der Waals surface area contributed by atoms with Crippen LogP contribution in [0.3, 0.4) is 0 Å². The normalized spacial score (nSPS) is 18.4. The lowest BCUT2D eigenvalue weighted by Gasteiger charge is -2.30. The molecule has 6 heteroatoms. The van der Waals surface area contributed by atoms with Crippen molar-refractivity contribution in [1.29, 1.82) is 0 Å². The zero-order valence-electron chi connectivity index (χ0n) is 15.5. The van der Waals surface area contributed by atoms with Gasteiger partial charge in [-0.1, -0.05) is 12.1 Å². The highest BCUT2D eigenvalue weighted by atomic mass is 16.5. The zero-order valence-corrected chi connectivity index (χ0v) is 15.5. The maximum Gasteiger partial charge on any atom is 0.230 e. The van der Waals surface area contributed by atoms with Gasteiger partial charge in [-0.3, -0.25) is 4.99 Å². The maximum atomic E-state index is 6.20. The molecule has 2 aliphatic rings. The lowest BCUT2D eigenvalue weighted by atomic mass is 10.2. The third kappa shape index (κ3) is 4.39. The fraction of sp³-hybridized carbons (Fsp3) is 0.429. The van der Waals surface area contributed by atoms with Gasteiger partial charge in [-0.25, -0.2) is 4.98 Å². The van der Waals surface area contributed by atoms with Gasteiger partial charge in [0.15, 0.2) is 11.5 Å². The summed E-state index contributed by atoms with van der Waals surface area (Å²) < 4.78 is 17.7. The van der Waals surface area contributed by atoms with Crippen LogP contribution in [0.1, 0.15) is 24.8 Å². The zero-order chi connectivity index (χ0) is 18.3. The Kier molecular flexibility index (Phi) is 5.84. The molecule has 0 unspecified atom stereocenters. The van der Waals surface area contributed by atoms with Gasteiger partial charge in [0.2, 0.25) is 5.88 Å². The molecule has 1 fully saturated rings. The summed E-state index contributed by atoms with van der Waals surface area (Å²) in [4.78, 5) is 11.7. The molecule has 3 heterocycles. The Morgan fingerprint density at radius 1 is 0.852 bits per heavy atom. The van der Waals surface area contributed by atoms with Crippen LogP contribution in [-0.4, -0.2) is 55.2 Å². The van der Waals surface area contributed by atoms with Gasteiger partial charge in [0.05, 0.1) is 25.4 Å². The SMILES string of the molecule is c1ccc2c(c1)OCCCCCN=C(N1CCOCC1)c1cccnc1O2. The highest BCUT2D eigenvalue weighted by molar-refractivity contribution is 6.00. The van der Waals surface area contributed by atoms with Crippen molar-refractivity contribution in [2.24, 2.45) is 4.99 Å². The first kappa shape index (κ1) is 17.8. The summed E-state index contributed by atoms with van der Waals surface area (Å²) in [5.74, 6) is 2.92. The highest BCUT2D eigenvalue weighted by Crippen LogP contribution is 2.32. The Balaban J connectivity index is 1.73. The molecule has 2 aromatic rings. The number of para-hydroxylation sites is 2. The molecule has 1 aromatic carbocycles. The first-order valence-corrected chi connectivity index (χ1v) is 9.64. The molecular weight excluding hydrogens is 342 g/mol. The lowest BCUT2D eigenvalue weighted by molar-refractivity contribution is 0.0681. The molecule has 0 atom stereocenters. The van der Waals surface area contributed by atoms with Crippen LogP contribution in [-0.2, 0) is 4.74 Å². The Morgan fingerprint density at radius 3 is 2.59 bits per heavy atom. The molecule has 0 radical (unpaired) electrons. The van der Waals surface area contributed by atoms with Crippen LogP contribution in [0.25, 0.3) is 0 Å². The van der Waals surface area contributed by atoms with E-state index in [1.165, 1.54) is 0 Å². The van der Waals surface area contributed by atoms with E-state index in [0.29, 0.717) is 31.5 Å². The molecule has 0 aliphatic carbocycles. The topological polar surface area (TPSA) is 56.2 Å². The number of hydrogen-bond acceptors (Lipinski definition) is 6. The summed E-state index contributed by atoms with van der Waals surface area (Å²) in [6, 6.07) is 11.7. The van der Waals surface area contributed by atoms with Crippen LogP contribution in [0, 0.1) is 0 Å². The van der Waals surface area contributed by atoms with Crippen molar-refractivity contribution in [2.45, 2.75) is 19.3 Å². The first-order valence-electron chi connectivity index (χ1n) is 9.64. The van der Waals surface area contributed by atoms with Gasteiger partial charge in [-0.2, -0.15) is 0 Å². The van der Waals surface area contributed by atoms with E-state index in [-0.39, 0.29) is 0 Å². The predicted octanol–water partition coefficient (Wildman–Crippen LogP) is 3.52. The van der Waals surface area contributed by atoms with E-state index < -0.39 is 0 Å². The fourth-order valence-corrected chi connectivity index (χ4v) is 3.29. The van der Waals surface area contributed by atoms with Crippen molar-refractivity contribution >= 4 is 5.84 Å². The third-order valence-electron chi connectivity index (χ3n) is 4.70. The van der Waals surface area contributed by atoms with Crippen LogP contribution < -0.4 is 9.47 Å². The summed E-state index contributed by atoms with van der Waals surface area (Å²) in [6.07, 6.45) is 4.87. The Morgan fingerprint density at radius 2 is 1.70 bits per heavy atom. The van der Waals surface area contributed by atoms with E-state index in [4.69, 9.17) is 19.2 Å². The van der Waals surface area contributed by atoms with E-state index in [2.05, 4.69) is 9.88 Å². The van der Waals surface area contributed by atoms with Gasteiger partial charge >= 0.3 is 0 Å². The van der Waals surface area contributed by atoms with Gasteiger partial charge in [0.25, 0.3) is 0 Å². The number of fused-ring (bicyclic) bond motifs is 2. The van der Waals surface area contributed by atoms with Crippen molar-refractivity contribution in [3.05, 3.63) is 48.2 Å². The van der Waals surface area contributed by atoms with E-state index in [0.717, 1.165) is 56.0 Å². The van der Waals surface area contributed by atoms with Gasteiger partial charge < -0.3 is 19.1 Å². The van der Waals surface area contributed by atoms with Crippen molar-refractivity contribution in [3.8, 4) is 17.4 Å². The number of rotatable bonds is 0. The number of morpholine rings is 1. The molecule has 142 valence electrons. The lowest BCUT2D eigenvalue weighted by Crippen LogP contribution is -2.41. The fourth-order valence-electron chi connectivity index (χ4n) is 3.29. The average molecular weight is 367 g/mol. The van der Waals surface area contributed by atoms with E-state index >= 15 is 0 Å². The minimum absolute atomic E-state index is 0.554. The smallest absolute Gasteiger partial charge is 0.230 e. The molecule has 27 heavy (non-hydrogen) atoms. The second-order valence-electron chi connectivity index (χ2n) is 6.62. The number of ether oxygens (including phenoxy) is 3. The Bertz CT molecular complexity index is 788. The van der Waals surface area contributed by atoms with Crippen LogP contribution in [0.4, 0.5) is 0 Å². The summed E-state index contributed by atoms with van der Waals surface area (Å²) in [5, 5.41) is 0. The minimum atomic E-state index is 0.554. The molecule has 0 amide bonds. The number of benzene rings is 1. The van der Waals surface area contributed by atoms with Crippen LogP contribution >= 0.6 is 0 Å². The monoisotopic (exact) mass is 367 g/mol. The molecule has 4 rings (SSSR count). The first-order chi connectivity index (χ1) is 13.4. The standard InChI is InChI=1S/C21H25N3O3/c1-4-10-22-20(24-12-15-25-16-13-24)17-7-6-11-23-21(17)27-19-9-3-2-8-18(19)26-14-5-1/h2-3,6-9,11H,1,4-5,10,12-16H2. The van der Waals surface area contributed by atoms with Crippen molar-refractivity contribution in [2.75, 3.05) is 39.5 Å². The van der Waals surface area contributed by atoms with Crippen molar-refractivity contribution < 1.29 is 14.2 Å². The molecule has 0 N–H and O–H groups in total. The van der Waals surface area contributed by atoms with Crippen LogP contribution in [0.2, 0.25) is 0 Å². The number of hydrogen-bond donors (Lipinski definition) is 0. The molecule has 6 nitrogen and oxygen atoms in total. The average Bonchev–Trinajstić information content (AvgIpc) is 2.74. The van der Waals surface area contributed by atoms with Gasteiger partial charge in [0, 0.05) is 25.8 Å². The number of amidine groups is 1. The van der Waals surface area contributed by atoms with Gasteiger partial charge in [-0.15, -0.1) is 0 Å². The quantitative estimate of drug-likeness (QED) is 0.713. The second kappa shape index (κ2) is 8.86. The van der Waals surface area contributed by atoms with Gasteiger partial charge in [-0.05, 0) is 43.5 Å². The molecule has 0 saturated carbocycles. The maximum absolute atomic E-state index is 6.20. The Labute approximate surface area is 159 Å². The number of pyridine rings is 1. The minimum Gasteiger partial charge on any atom is -0.490 e. The summed E-state index contributed by atoms with van der Waals surface area (Å²) >= 11 is 0.